The fraction of sp³-hybridized carbons (Fsp3) is 0.263. The molecule has 0 spiro atoms. The second kappa shape index (κ2) is 21.7. The molecule has 0 radical (unpaired) electrons. The number of hydrogen-bond donors (Lipinski definition) is 0. The van der Waals surface area contributed by atoms with Crippen LogP contribution in [0.4, 0.5) is 0 Å². The van der Waals surface area contributed by atoms with E-state index >= 15 is 0 Å². The third kappa shape index (κ3) is 12.8. The molecule has 7 aromatic rings. The van der Waals surface area contributed by atoms with Crippen molar-refractivity contribution < 1.29 is 0 Å². The Hall–Kier alpha value is -5.46. The van der Waals surface area contributed by atoms with Gasteiger partial charge in [-0.3, -0.25) is 0 Å². The van der Waals surface area contributed by atoms with Crippen molar-refractivity contribution >= 4 is 0 Å². The van der Waals surface area contributed by atoms with Gasteiger partial charge in [-0.15, -0.1) is 0 Å². The van der Waals surface area contributed by atoms with Crippen LogP contribution in [-0.2, 0) is 38.5 Å². The van der Waals surface area contributed by atoms with E-state index in [-0.39, 0.29) is 0 Å². The minimum absolute atomic E-state index is 0.527. The average molecular weight is 745 g/mol. The zero-order valence-corrected chi connectivity index (χ0v) is 33.8. The topological polar surface area (TPSA) is 0 Å². The number of hydrogen-bond acceptors (Lipinski definition) is 0. The summed E-state index contributed by atoms with van der Waals surface area (Å²) in [5.74, 6) is 1.58. The molecule has 7 rings (SSSR count). The van der Waals surface area contributed by atoms with Crippen molar-refractivity contribution in [3.05, 3.63) is 250 Å². The van der Waals surface area contributed by atoms with E-state index in [1.54, 1.807) is 0 Å². The van der Waals surface area contributed by atoms with Crippen molar-refractivity contribution in [3.8, 4) is 0 Å². The van der Waals surface area contributed by atoms with Crippen LogP contribution in [0.1, 0.15) is 106 Å². The van der Waals surface area contributed by atoms with Crippen molar-refractivity contribution in [2.75, 3.05) is 0 Å². The summed E-state index contributed by atoms with van der Waals surface area (Å²) in [5.41, 5.74) is 13.2. The summed E-state index contributed by atoms with van der Waals surface area (Å²) < 4.78 is 0. The molecule has 0 bridgehead atoms. The Labute approximate surface area is 343 Å². The van der Waals surface area contributed by atoms with Gasteiger partial charge in [0.25, 0.3) is 0 Å². The average Bonchev–Trinajstić information content (AvgIpc) is 3.28. The van der Waals surface area contributed by atoms with Gasteiger partial charge in [0.2, 0.25) is 0 Å². The van der Waals surface area contributed by atoms with Crippen LogP contribution in [0.3, 0.4) is 0 Å². The zero-order valence-electron chi connectivity index (χ0n) is 33.8. The number of rotatable bonds is 21. The fourth-order valence-electron chi connectivity index (χ4n) is 8.86. The highest BCUT2D eigenvalue weighted by atomic mass is 14.2. The number of benzene rings is 7. The predicted octanol–water partition coefficient (Wildman–Crippen LogP) is 14.7. The third-order valence-corrected chi connectivity index (χ3v) is 12.1. The zero-order chi connectivity index (χ0) is 38.7. The minimum Gasteiger partial charge on any atom is -0.0622 e. The van der Waals surface area contributed by atoms with E-state index in [1.807, 2.05) is 0 Å². The smallest absolute Gasteiger partial charge is 0.0156 e. The molecule has 7 aromatic carbocycles. The lowest BCUT2D eigenvalue weighted by atomic mass is 9.84. The van der Waals surface area contributed by atoms with Gasteiger partial charge >= 0.3 is 0 Å². The Bertz CT molecular complexity index is 1860. The van der Waals surface area contributed by atoms with E-state index in [9.17, 15) is 0 Å². The van der Waals surface area contributed by atoms with Gasteiger partial charge in [0, 0.05) is 0 Å². The van der Waals surface area contributed by atoms with Gasteiger partial charge in [-0.25, -0.2) is 0 Å². The van der Waals surface area contributed by atoms with E-state index in [0.29, 0.717) is 17.8 Å². The molecule has 0 N–H and O–H groups in total. The van der Waals surface area contributed by atoms with Gasteiger partial charge in [-0.05, 0) is 145 Å². The first-order valence-corrected chi connectivity index (χ1v) is 21.6. The Morgan fingerprint density at radius 3 is 0.632 bits per heavy atom. The summed E-state index contributed by atoms with van der Waals surface area (Å²) in [5, 5.41) is 0. The lowest BCUT2D eigenvalue weighted by molar-refractivity contribution is 0.568. The summed E-state index contributed by atoms with van der Waals surface area (Å²) in [6.45, 7) is 0. The van der Waals surface area contributed by atoms with E-state index in [2.05, 4.69) is 200 Å². The van der Waals surface area contributed by atoms with Crippen LogP contribution in [-0.4, -0.2) is 0 Å². The molecule has 3 unspecified atom stereocenters. The summed E-state index contributed by atoms with van der Waals surface area (Å²) in [6, 6.07) is 74.6. The quantitative estimate of drug-likeness (QED) is 0.0687. The summed E-state index contributed by atoms with van der Waals surface area (Å²) in [6.07, 6.45) is 13.6. The van der Waals surface area contributed by atoms with Gasteiger partial charge in [-0.1, -0.05) is 200 Å². The van der Waals surface area contributed by atoms with E-state index in [1.165, 1.54) is 69.3 Å². The molecule has 0 saturated heterocycles. The molecule has 0 aromatic heterocycles. The van der Waals surface area contributed by atoms with Crippen molar-refractivity contribution in [1.29, 1.82) is 0 Å². The van der Waals surface area contributed by atoms with Crippen molar-refractivity contribution in [1.82, 2.24) is 0 Å². The van der Waals surface area contributed by atoms with Gasteiger partial charge in [0.15, 0.2) is 0 Å². The van der Waals surface area contributed by atoms with Gasteiger partial charge in [0.1, 0.15) is 0 Å². The summed E-state index contributed by atoms with van der Waals surface area (Å²) in [4.78, 5) is 0. The number of aryl methyl sites for hydroxylation is 6. The largest absolute Gasteiger partial charge is 0.0622 e. The van der Waals surface area contributed by atoms with E-state index in [4.69, 9.17) is 0 Å². The second-order valence-corrected chi connectivity index (χ2v) is 16.2. The van der Waals surface area contributed by atoms with Crippen LogP contribution < -0.4 is 0 Å². The SMILES string of the molecule is c1ccc(CCC(CCc2cc(CCC(CCc3ccccc3)c3ccccc3)cc(CCC(CCc3ccccc3)c3ccccc3)c2)c2ccccc2)cc1. The Kier molecular flexibility index (Phi) is 15.2. The highest BCUT2D eigenvalue weighted by Crippen LogP contribution is 2.32. The highest BCUT2D eigenvalue weighted by Gasteiger charge is 2.17. The molecule has 288 valence electrons. The van der Waals surface area contributed by atoms with Crippen LogP contribution in [0, 0.1) is 0 Å². The maximum Gasteiger partial charge on any atom is -0.0156 e. The third-order valence-electron chi connectivity index (χ3n) is 12.1. The first-order chi connectivity index (χ1) is 28.2. The maximum absolute atomic E-state index is 2.56. The summed E-state index contributed by atoms with van der Waals surface area (Å²) >= 11 is 0. The van der Waals surface area contributed by atoms with Crippen LogP contribution in [0.5, 0.6) is 0 Å². The molecule has 0 fully saturated rings. The molecular weight excluding hydrogens is 685 g/mol. The van der Waals surface area contributed by atoms with Crippen molar-refractivity contribution in [3.63, 3.8) is 0 Å². The van der Waals surface area contributed by atoms with Gasteiger partial charge in [0.05, 0.1) is 0 Å². The molecule has 0 nitrogen and oxygen atoms in total. The molecule has 0 saturated carbocycles. The Morgan fingerprint density at radius 1 is 0.211 bits per heavy atom. The minimum atomic E-state index is 0.527. The van der Waals surface area contributed by atoms with Gasteiger partial charge < -0.3 is 0 Å². The highest BCUT2D eigenvalue weighted by molar-refractivity contribution is 5.33. The molecular formula is C57H60. The summed E-state index contributed by atoms with van der Waals surface area (Å²) in [7, 11) is 0. The lowest BCUT2D eigenvalue weighted by Crippen LogP contribution is -2.06. The van der Waals surface area contributed by atoms with Crippen LogP contribution in [0.2, 0.25) is 0 Å². The van der Waals surface area contributed by atoms with E-state index < -0.39 is 0 Å². The predicted molar refractivity (Wildman–Crippen MR) is 243 cm³/mol. The standard InChI is InChI=1S/C57H60/c1-7-19-46(20-8-1)31-37-55(52-25-13-4-14-26-52)40-34-49-43-50(35-41-56(53-27-15-5-16-28-53)38-32-47-21-9-2-10-22-47)45-51(44-49)36-42-57(54-29-17-6-18-30-54)39-33-48-23-11-3-12-24-48/h1-30,43-45,55-57H,31-42H2. The molecule has 0 aliphatic rings. The lowest BCUT2D eigenvalue weighted by Gasteiger charge is -2.21. The molecule has 57 heavy (non-hydrogen) atoms. The Balaban J connectivity index is 1.11. The molecule has 3 atom stereocenters. The monoisotopic (exact) mass is 744 g/mol. The van der Waals surface area contributed by atoms with Gasteiger partial charge in [-0.2, -0.15) is 0 Å². The van der Waals surface area contributed by atoms with Crippen molar-refractivity contribution in [2.45, 2.75) is 94.8 Å². The molecule has 0 aliphatic heterocycles. The fourth-order valence-corrected chi connectivity index (χ4v) is 8.86. The molecule has 0 amide bonds. The Morgan fingerprint density at radius 2 is 0.404 bits per heavy atom. The molecule has 0 aliphatic carbocycles. The van der Waals surface area contributed by atoms with Crippen LogP contribution >= 0.6 is 0 Å². The first kappa shape index (κ1) is 39.8. The van der Waals surface area contributed by atoms with Crippen LogP contribution in [0.25, 0.3) is 0 Å². The van der Waals surface area contributed by atoms with Crippen LogP contribution in [0.15, 0.2) is 200 Å². The maximum atomic E-state index is 2.56. The van der Waals surface area contributed by atoms with E-state index in [0.717, 1.165) is 57.8 Å². The second-order valence-electron chi connectivity index (χ2n) is 16.2. The molecule has 0 heterocycles. The molecule has 0 heteroatoms. The first-order valence-electron chi connectivity index (χ1n) is 21.6. The van der Waals surface area contributed by atoms with Crippen molar-refractivity contribution in [2.24, 2.45) is 0 Å². The normalized spacial score (nSPS) is 12.8.